The fourth-order valence-electron chi connectivity index (χ4n) is 7.13. The number of guanidine groups is 2. The van der Waals surface area contributed by atoms with Crippen LogP contribution in [0.25, 0.3) is 0 Å². The molecule has 208 valence electrons. The second-order valence-electron chi connectivity index (χ2n) is 11.7. The molecule has 13 nitrogen and oxygen atoms in total. The third kappa shape index (κ3) is 3.55. The second kappa shape index (κ2) is 8.39. The molecule has 0 radical (unpaired) electrons. The van der Waals surface area contributed by atoms with Gasteiger partial charge in [-0.05, 0) is 41.9 Å². The van der Waals surface area contributed by atoms with Crippen LogP contribution in [0, 0.1) is 0 Å². The zero-order valence-corrected chi connectivity index (χ0v) is 22.0. The predicted octanol–water partition coefficient (Wildman–Crippen LogP) is -1.78. The van der Waals surface area contributed by atoms with Crippen LogP contribution in [0.5, 0.6) is 0 Å². The van der Waals surface area contributed by atoms with E-state index < -0.39 is 35.5 Å². The van der Waals surface area contributed by atoms with Crippen molar-refractivity contribution in [1.29, 1.82) is 0 Å². The lowest BCUT2D eigenvalue weighted by atomic mass is 9.70. The van der Waals surface area contributed by atoms with Crippen molar-refractivity contribution < 1.29 is 24.6 Å². The summed E-state index contributed by atoms with van der Waals surface area (Å²) in [7, 11) is 0. The lowest BCUT2D eigenvalue weighted by Gasteiger charge is -2.49. The predicted molar refractivity (Wildman–Crippen MR) is 140 cm³/mol. The highest BCUT2D eigenvalue weighted by Gasteiger charge is 2.73. The van der Waals surface area contributed by atoms with Gasteiger partial charge >= 0.3 is 0 Å². The SMILES string of the molecule is CC1(C)CCCc2cccc(C(=O)N[C@H]3CN4C(N)=N[C@@H](CN5C(=O)CCC5=O)C5N=C(N)NC54C3(O)O)c21. The highest BCUT2D eigenvalue weighted by molar-refractivity contribution is 6.02. The molecular formula is C26H34N8O5. The standard InChI is InChI=1S/C26H34N8O5/c1-24(2)10-4-6-13-5-3-7-14(19(13)24)21(37)30-16-12-34-23(28)29-15(11-33-17(35)8-9-18(33)36)20-25(34,26(16,38)39)32-22(27)31-20/h3,5,7,15-16,20,38-39H,4,6,8-12H2,1-2H3,(H2,28,29)(H,30,37)(H3,27,31,32)/t15-,16-,20?,25?/m0/s1. The third-order valence-corrected chi connectivity index (χ3v) is 8.95. The highest BCUT2D eigenvalue weighted by atomic mass is 16.5. The number of nitrogens with zero attached hydrogens (tertiary/aromatic N) is 4. The number of hydrogen-bond acceptors (Lipinski definition) is 11. The largest absolute Gasteiger partial charge is 0.370 e. The summed E-state index contributed by atoms with van der Waals surface area (Å²) in [6.07, 6.45) is 3.06. The van der Waals surface area contributed by atoms with E-state index in [0.717, 1.165) is 35.3 Å². The third-order valence-electron chi connectivity index (χ3n) is 8.95. The minimum absolute atomic E-state index is 0.0461. The Kier molecular flexibility index (Phi) is 5.50. The first-order chi connectivity index (χ1) is 18.4. The van der Waals surface area contributed by atoms with Crippen molar-refractivity contribution >= 4 is 29.6 Å². The molecular weight excluding hydrogens is 504 g/mol. The number of likely N-dealkylation sites (tertiary alicyclic amines) is 1. The van der Waals surface area contributed by atoms with Crippen molar-refractivity contribution in [2.75, 3.05) is 13.1 Å². The summed E-state index contributed by atoms with van der Waals surface area (Å²) in [4.78, 5) is 49.7. The van der Waals surface area contributed by atoms with Gasteiger partial charge in [0.2, 0.25) is 17.6 Å². The van der Waals surface area contributed by atoms with Gasteiger partial charge in [0.15, 0.2) is 17.6 Å². The Labute approximate surface area is 225 Å². The van der Waals surface area contributed by atoms with E-state index in [-0.39, 0.29) is 55.1 Å². The molecule has 2 saturated heterocycles. The number of nitrogens with two attached hydrogens (primary N) is 2. The first-order valence-electron chi connectivity index (χ1n) is 13.3. The molecule has 4 aliphatic heterocycles. The van der Waals surface area contributed by atoms with Gasteiger partial charge in [-0.3, -0.25) is 19.3 Å². The molecule has 3 amide bonds. The molecule has 1 aliphatic carbocycles. The molecule has 5 aliphatic rings. The Morgan fingerprint density at radius 3 is 2.59 bits per heavy atom. The number of benzene rings is 1. The molecule has 2 unspecified atom stereocenters. The van der Waals surface area contributed by atoms with Crippen LogP contribution < -0.4 is 22.1 Å². The Bertz CT molecular complexity index is 1320. The van der Waals surface area contributed by atoms with E-state index in [0.29, 0.717) is 5.56 Å². The number of aliphatic imine (C=N–C) groups is 2. The lowest BCUT2D eigenvalue weighted by molar-refractivity contribution is -0.230. The number of aliphatic hydroxyl groups is 2. The van der Waals surface area contributed by atoms with Crippen LogP contribution in [-0.2, 0) is 21.4 Å². The van der Waals surface area contributed by atoms with Gasteiger partial charge in [0.1, 0.15) is 12.1 Å². The molecule has 1 aromatic carbocycles. The molecule has 4 atom stereocenters. The van der Waals surface area contributed by atoms with Crippen LogP contribution >= 0.6 is 0 Å². The number of fused-ring (bicyclic) bond motifs is 1. The first kappa shape index (κ1) is 25.6. The van der Waals surface area contributed by atoms with Crippen molar-refractivity contribution in [3.8, 4) is 0 Å². The summed E-state index contributed by atoms with van der Waals surface area (Å²) in [6, 6.07) is 2.54. The van der Waals surface area contributed by atoms with Gasteiger partial charge in [-0.15, -0.1) is 0 Å². The number of hydrogen-bond donors (Lipinski definition) is 6. The van der Waals surface area contributed by atoms with E-state index in [1.54, 1.807) is 6.07 Å². The van der Waals surface area contributed by atoms with Crippen LogP contribution in [0.2, 0.25) is 0 Å². The summed E-state index contributed by atoms with van der Waals surface area (Å²) in [5.41, 5.74) is 13.0. The molecule has 6 rings (SSSR count). The molecule has 39 heavy (non-hydrogen) atoms. The van der Waals surface area contributed by atoms with Crippen molar-refractivity contribution in [1.82, 2.24) is 20.4 Å². The van der Waals surface area contributed by atoms with E-state index >= 15 is 0 Å². The Morgan fingerprint density at radius 2 is 1.87 bits per heavy atom. The summed E-state index contributed by atoms with van der Waals surface area (Å²) < 4.78 is 0. The van der Waals surface area contributed by atoms with E-state index in [4.69, 9.17) is 11.5 Å². The minimum Gasteiger partial charge on any atom is -0.370 e. The van der Waals surface area contributed by atoms with Crippen molar-refractivity contribution in [2.24, 2.45) is 21.5 Å². The van der Waals surface area contributed by atoms with Gasteiger partial charge in [-0.2, -0.15) is 0 Å². The number of carbonyl (C=O) groups excluding carboxylic acids is 3. The van der Waals surface area contributed by atoms with Gasteiger partial charge in [0, 0.05) is 24.9 Å². The maximum Gasteiger partial charge on any atom is 0.252 e. The van der Waals surface area contributed by atoms with Gasteiger partial charge in [-0.25, -0.2) is 9.98 Å². The second-order valence-corrected chi connectivity index (χ2v) is 11.7. The van der Waals surface area contributed by atoms with E-state index in [1.807, 2.05) is 12.1 Å². The molecule has 0 bridgehead atoms. The van der Waals surface area contributed by atoms with Crippen LogP contribution in [0.1, 0.15) is 61.0 Å². The molecule has 8 N–H and O–H groups in total. The fourth-order valence-corrected chi connectivity index (χ4v) is 7.13. The summed E-state index contributed by atoms with van der Waals surface area (Å²) in [5.74, 6) is -3.83. The molecule has 0 saturated carbocycles. The maximum absolute atomic E-state index is 13.7. The number of nitrogens with one attached hydrogen (secondary N) is 2. The van der Waals surface area contributed by atoms with Gasteiger partial charge in [0.05, 0.1) is 12.6 Å². The Morgan fingerprint density at radius 1 is 1.15 bits per heavy atom. The number of amides is 3. The van der Waals surface area contributed by atoms with Crippen molar-refractivity contribution in [3.05, 3.63) is 34.9 Å². The smallest absolute Gasteiger partial charge is 0.252 e. The maximum atomic E-state index is 13.7. The van der Waals surface area contributed by atoms with Gasteiger partial charge < -0.3 is 37.2 Å². The molecule has 1 spiro atoms. The fraction of sp³-hybridized carbons (Fsp3) is 0.577. The first-order valence-corrected chi connectivity index (χ1v) is 13.3. The van der Waals surface area contributed by atoms with Gasteiger partial charge in [-0.1, -0.05) is 26.0 Å². The van der Waals surface area contributed by atoms with Crippen molar-refractivity contribution in [2.45, 2.75) is 80.9 Å². The van der Waals surface area contributed by atoms with Crippen LogP contribution in [0.15, 0.2) is 28.2 Å². The highest BCUT2D eigenvalue weighted by Crippen LogP contribution is 2.45. The Hall–Kier alpha value is -3.71. The normalized spacial score (nSPS) is 32.2. The number of aryl methyl sites for hydroxylation is 1. The average Bonchev–Trinajstić information content (AvgIpc) is 3.46. The molecule has 0 aromatic heterocycles. The van der Waals surface area contributed by atoms with Gasteiger partial charge in [0.25, 0.3) is 5.91 Å². The zero-order valence-electron chi connectivity index (χ0n) is 22.0. The number of rotatable bonds is 4. The van der Waals surface area contributed by atoms with E-state index in [2.05, 4.69) is 34.5 Å². The van der Waals surface area contributed by atoms with Crippen LogP contribution in [0.4, 0.5) is 0 Å². The minimum atomic E-state index is -2.61. The van der Waals surface area contributed by atoms with Crippen LogP contribution in [0.3, 0.4) is 0 Å². The average molecular weight is 539 g/mol. The van der Waals surface area contributed by atoms with E-state index in [9.17, 15) is 24.6 Å². The molecule has 13 heteroatoms. The summed E-state index contributed by atoms with van der Waals surface area (Å²) in [5, 5.41) is 29.2. The van der Waals surface area contributed by atoms with Crippen molar-refractivity contribution in [3.63, 3.8) is 0 Å². The Balaban J connectivity index is 1.33. The quantitative estimate of drug-likeness (QED) is 0.190. The summed E-state index contributed by atoms with van der Waals surface area (Å²) >= 11 is 0. The molecule has 4 heterocycles. The topological polar surface area (TPSA) is 199 Å². The summed E-state index contributed by atoms with van der Waals surface area (Å²) in [6.45, 7) is 4.00. The van der Waals surface area contributed by atoms with E-state index in [1.165, 1.54) is 4.90 Å². The van der Waals surface area contributed by atoms with Crippen LogP contribution in [-0.4, -0.2) is 92.3 Å². The number of carbonyl (C=O) groups is 3. The number of imide groups is 1. The molecule has 2 fully saturated rings. The monoisotopic (exact) mass is 538 g/mol. The zero-order chi connectivity index (χ0) is 27.9. The lowest BCUT2D eigenvalue weighted by Crippen LogP contribution is -2.78. The molecule has 1 aromatic rings.